The molecule has 2 fully saturated rings. The standard InChI is InChI=1S/C17H24Cl2N2/c1-3-17(2)11-21(16(9-20-17)12-4-5-12)10-13-6-7-14(18)8-15(13)19/h6-8,12,16,20H,3-5,9-11H2,1-2H3. The van der Waals surface area contributed by atoms with Gasteiger partial charge < -0.3 is 5.32 Å². The fourth-order valence-corrected chi connectivity index (χ4v) is 3.79. The molecule has 0 radical (unpaired) electrons. The molecule has 116 valence electrons. The van der Waals surface area contributed by atoms with Gasteiger partial charge in [0, 0.05) is 41.3 Å². The Kier molecular flexibility index (Phi) is 4.52. The minimum Gasteiger partial charge on any atom is -0.309 e. The number of nitrogens with zero attached hydrogens (tertiary/aromatic N) is 1. The third-order valence-electron chi connectivity index (χ3n) is 5.09. The third-order valence-corrected chi connectivity index (χ3v) is 5.68. The second-order valence-corrected chi connectivity index (χ2v) is 7.68. The summed E-state index contributed by atoms with van der Waals surface area (Å²) < 4.78 is 0. The molecule has 2 nitrogen and oxygen atoms in total. The molecule has 1 aliphatic carbocycles. The van der Waals surface area contributed by atoms with Crippen molar-refractivity contribution in [3.8, 4) is 0 Å². The number of hydrogen-bond acceptors (Lipinski definition) is 2. The maximum absolute atomic E-state index is 6.37. The van der Waals surface area contributed by atoms with Crippen LogP contribution in [0.25, 0.3) is 0 Å². The molecule has 21 heavy (non-hydrogen) atoms. The van der Waals surface area contributed by atoms with Gasteiger partial charge in [-0.15, -0.1) is 0 Å². The van der Waals surface area contributed by atoms with Crippen molar-refractivity contribution in [2.45, 2.75) is 51.2 Å². The molecule has 2 aliphatic rings. The maximum atomic E-state index is 6.37. The summed E-state index contributed by atoms with van der Waals surface area (Å²) in [6.07, 6.45) is 3.90. The molecular weight excluding hydrogens is 303 g/mol. The van der Waals surface area contributed by atoms with E-state index in [1.54, 1.807) is 0 Å². The molecule has 1 aromatic carbocycles. The first-order chi connectivity index (χ1) is 10.0. The molecule has 1 saturated carbocycles. The van der Waals surface area contributed by atoms with E-state index in [9.17, 15) is 0 Å². The first kappa shape index (κ1) is 15.6. The van der Waals surface area contributed by atoms with Crippen LogP contribution in [0.5, 0.6) is 0 Å². The van der Waals surface area contributed by atoms with Crippen LogP contribution >= 0.6 is 23.2 Å². The van der Waals surface area contributed by atoms with E-state index in [4.69, 9.17) is 23.2 Å². The maximum Gasteiger partial charge on any atom is 0.0465 e. The topological polar surface area (TPSA) is 15.3 Å². The zero-order valence-corrected chi connectivity index (χ0v) is 14.3. The largest absolute Gasteiger partial charge is 0.309 e. The highest BCUT2D eigenvalue weighted by molar-refractivity contribution is 6.35. The van der Waals surface area contributed by atoms with Crippen molar-refractivity contribution >= 4 is 23.2 Å². The number of piperazine rings is 1. The first-order valence-electron chi connectivity index (χ1n) is 7.94. The van der Waals surface area contributed by atoms with Gasteiger partial charge in [-0.05, 0) is 49.8 Å². The van der Waals surface area contributed by atoms with Crippen molar-refractivity contribution in [1.29, 1.82) is 0 Å². The summed E-state index contributed by atoms with van der Waals surface area (Å²) >= 11 is 12.4. The lowest BCUT2D eigenvalue weighted by atomic mass is 9.91. The molecular formula is C17H24Cl2N2. The van der Waals surface area contributed by atoms with Crippen LogP contribution in [0.4, 0.5) is 0 Å². The lowest BCUT2D eigenvalue weighted by Gasteiger charge is -2.46. The molecule has 0 spiro atoms. The van der Waals surface area contributed by atoms with Crippen LogP contribution in [0.2, 0.25) is 10.0 Å². The number of halogens is 2. The quantitative estimate of drug-likeness (QED) is 0.885. The van der Waals surface area contributed by atoms with E-state index in [0.29, 0.717) is 11.1 Å². The molecule has 1 aromatic rings. The van der Waals surface area contributed by atoms with Gasteiger partial charge in [-0.3, -0.25) is 4.90 Å². The van der Waals surface area contributed by atoms with E-state index in [2.05, 4.69) is 30.1 Å². The SMILES string of the molecule is CCC1(C)CN(Cc2ccc(Cl)cc2Cl)C(C2CC2)CN1. The monoisotopic (exact) mass is 326 g/mol. The lowest BCUT2D eigenvalue weighted by molar-refractivity contribution is 0.0662. The summed E-state index contributed by atoms with van der Waals surface area (Å²) in [7, 11) is 0. The Balaban J connectivity index is 1.78. The second-order valence-electron chi connectivity index (χ2n) is 6.84. The van der Waals surface area contributed by atoms with Gasteiger partial charge in [0.15, 0.2) is 0 Å². The van der Waals surface area contributed by atoms with Crippen molar-refractivity contribution in [2.75, 3.05) is 13.1 Å². The highest BCUT2D eigenvalue weighted by Gasteiger charge is 2.41. The predicted octanol–water partition coefficient (Wildman–Crippen LogP) is 4.35. The number of hydrogen-bond donors (Lipinski definition) is 1. The van der Waals surface area contributed by atoms with Crippen LogP contribution in [0.15, 0.2) is 18.2 Å². The molecule has 0 aromatic heterocycles. The number of benzene rings is 1. The van der Waals surface area contributed by atoms with Gasteiger partial charge in [0.25, 0.3) is 0 Å². The Labute approximate surface area is 137 Å². The normalized spacial score (nSPS) is 30.6. The molecule has 2 atom stereocenters. The molecule has 1 N–H and O–H groups in total. The van der Waals surface area contributed by atoms with Crippen LogP contribution in [0.3, 0.4) is 0 Å². The van der Waals surface area contributed by atoms with Crippen molar-refractivity contribution in [1.82, 2.24) is 10.2 Å². The summed E-state index contributed by atoms with van der Waals surface area (Å²) in [4.78, 5) is 2.63. The molecule has 0 bridgehead atoms. The molecule has 1 heterocycles. The number of rotatable bonds is 4. The van der Waals surface area contributed by atoms with E-state index in [1.165, 1.54) is 18.4 Å². The minimum absolute atomic E-state index is 0.213. The highest BCUT2D eigenvalue weighted by Crippen LogP contribution is 2.38. The second kappa shape index (κ2) is 6.08. The van der Waals surface area contributed by atoms with Gasteiger partial charge in [-0.25, -0.2) is 0 Å². The van der Waals surface area contributed by atoms with E-state index >= 15 is 0 Å². The smallest absolute Gasteiger partial charge is 0.0465 e. The van der Waals surface area contributed by atoms with Crippen molar-refractivity contribution in [3.05, 3.63) is 33.8 Å². The Bertz CT molecular complexity index is 516. The Morgan fingerprint density at radius 2 is 2.10 bits per heavy atom. The Morgan fingerprint density at radius 1 is 1.33 bits per heavy atom. The highest BCUT2D eigenvalue weighted by atomic mass is 35.5. The summed E-state index contributed by atoms with van der Waals surface area (Å²) in [5.74, 6) is 0.866. The van der Waals surface area contributed by atoms with Crippen molar-refractivity contribution in [3.63, 3.8) is 0 Å². The van der Waals surface area contributed by atoms with Gasteiger partial charge in [0.2, 0.25) is 0 Å². The van der Waals surface area contributed by atoms with Gasteiger partial charge >= 0.3 is 0 Å². The molecule has 1 aliphatic heterocycles. The van der Waals surface area contributed by atoms with E-state index < -0.39 is 0 Å². The Hall–Kier alpha value is -0.280. The average molecular weight is 327 g/mol. The minimum atomic E-state index is 0.213. The van der Waals surface area contributed by atoms with Gasteiger partial charge in [0.1, 0.15) is 0 Å². The lowest BCUT2D eigenvalue weighted by Crippen LogP contribution is -2.62. The summed E-state index contributed by atoms with van der Waals surface area (Å²) in [5, 5.41) is 5.26. The molecule has 1 saturated heterocycles. The molecule has 3 rings (SSSR count). The first-order valence-corrected chi connectivity index (χ1v) is 8.69. The molecule has 2 unspecified atom stereocenters. The van der Waals surface area contributed by atoms with Gasteiger partial charge in [-0.1, -0.05) is 36.2 Å². The average Bonchev–Trinajstić information content (AvgIpc) is 3.27. The van der Waals surface area contributed by atoms with Crippen molar-refractivity contribution < 1.29 is 0 Å². The Morgan fingerprint density at radius 3 is 2.71 bits per heavy atom. The van der Waals surface area contributed by atoms with E-state index in [1.807, 2.05) is 12.1 Å². The molecule has 0 amide bonds. The van der Waals surface area contributed by atoms with Gasteiger partial charge in [-0.2, -0.15) is 0 Å². The van der Waals surface area contributed by atoms with Gasteiger partial charge in [0.05, 0.1) is 0 Å². The predicted molar refractivity (Wildman–Crippen MR) is 90.1 cm³/mol. The van der Waals surface area contributed by atoms with E-state index in [0.717, 1.165) is 37.0 Å². The molecule has 4 heteroatoms. The van der Waals surface area contributed by atoms with E-state index in [-0.39, 0.29) is 5.54 Å². The fraction of sp³-hybridized carbons (Fsp3) is 0.647. The number of nitrogens with one attached hydrogen (secondary N) is 1. The summed E-state index contributed by atoms with van der Waals surface area (Å²) in [6.45, 7) is 7.70. The van der Waals surface area contributed by atoms with Crippen LogP contribution in [0.1, 0.15) is 38.7 Å². The van der Waals surface area contributed by atoms with Crippen LogP contribution in [0, 0.1) is 5.92 Å². The third kappa shape index (κ3) is 3.56. The zero-order chi connectivity index (χ0) is 15.0. The summed E-state index contributed by atoms with van der Waals surface area (Å²) in [6, 6.07) is 6.51. The van der Waals surface area contributed by atoms with Crippen LogP contribution in [-0.2, 0) is 6.54 Å². The van der Waals surface area contributed by atoms with Crippen LogP contribution < -0.4 is 5.32 Å². The zero-order valence-electron chi connectivity index (χ0n) is 12.8. The van der Waals surface area contributed by atoms with Crippen LogP contribution in [-0.4, -0.2) is 29.6 Å². The summed E-state index contributed by atoms with van der Waals surface area (Å²) in [5.41, 5.74) is 1.40. The fourth-order valence-electron chi connectivity index (χ4n) is 3.33. The van der Waals surface area contributed by atoms with Crippen molar-refractivity contribution in [2.24, 2.45) is 5.92 Å².